The lowest BCUT2D eigenvalue weighted by atomic mass is 9.95. The standard InChI is InChI=1S/C12H19NO2/c1-9(12(13)8-14)7-10-3-5-11(15-2)6-4-10/h3-6,9,12,14H,7-8,13H2,1-2H3. The first kappa shape index (κ1) is 12.0. The smallest absolute Gasteiger partial charge is 0.118 e. The summed E-state index contributed by atoms with van der Waals surface area (Å²) < 4.78 is 5.08. The van der Waals surface area contributed by atoms with E-state index in [2.05, 4.69) is 0 Å². The van der Waals surface area contributed by atoms with Crippen molar-refractivity contribution in [2.45, 2.75) is 19.4 Å². The number of aliphatic hydroxyl groups is 1. The molecule has 0 aliphatic heterocycles. The Morgan fingerprint density at radius 3 is 2.40 bits per heavy atom. The van der Waals surface area contributed by atoms with Gasteiger partial charge in [-0.15, -0.1) is 0 Å². The molecule has 0 heterocycles. The van der Waals surface area contributed by atoms with Crippen molar-refractivity contribution in [3.8, 4) is 5.75 Å². The monoisotopic (exact) mass is 209 g/mol. The molecule has 2 atom stereocenters. The molecule has 84 valence electrons. The molecule has 0 radical (unpaired) electrons. The summed E-state index contributed by atoms with van der Waals surface area (Å²) in [5.74, 6) is 1.14. The van der Waals surface area contributed by atoms with Gasteiger partial charge in [0.25, 0.3) is 0 Å². The second-order valence-electron chi connectivity index (χ2n) is 3.88. The Balaban J connectivity index is 2.57. The SMILES string of the molecule is COc1ccc(CC(C)C(N)CO)cc1. The normalized spacial score (nSPS) is 14.7. The van der Waals surface area contributed by atoms with Crippen LogP contribution in [0.4, 0.5) is 0 Å². The largest absolute Gasteiger partial charge is 0.497 e. The van der Waals surface area contributed by atoms with Crippen LogP contribution in [-0.2, 0) is 6.42 Å². The highest BCUT2D eigenvalue weighted by atomic mass is 16.5. The molecule has 0 aliphatic rings. The van der Waals surface area contributed by atoms with E-state index in [4.69, 9.17) is 15.6 Å². The molecule has 3 N–H and O–H groups in total. The Morgan fingerprint density at radius 2 is 1.93 bits per heavy atom. The van der Waals surface area contributed by atoms with E-state index in [1.807, 2.05) is 31.2 Å². The molecule has 0 fully saturated rings. The molecule has 0 amide bonds. The summed E-state index contributed by atoms with van der Waals surface area (Å²) in [7, 11) is 1.65. The van der Waals surface area contributed by atoms with Gasteiger partial charge in [-0.05, 0) is 30.0 Å². The van der Waals surface area contributed by atoms with E-state index < -0.39 is 0 Å². The number of ether oxygens (including phenoxy) is 1. The van der Waals surface area contributed by atoms with Crippen LogP contribution in [-0.4, -0.2) is 24.9 Å². The molecule has 1 aromatic rings. The summed E-state index contributed by atoms with van der Waals surface area (Å²) in [5, 5.41) is 8.92. The van der Waals surface area contributed by atoms with Gasteiger partial charge in [-0.25, -0.2) is 0 Å². The minimum absolute atomic E-state index is 0.0390. The lowest BCUT2D eigenvalue weighted by Gasteiger charge is -2.17. The van der Waals surface area contributed by atoms with E-state index in [1.165, 1.54) is 5.56 Å². The minimum atomic E-state index is -0.146. The maximum atomic E-state index is 8.92. The lowest BCUT2D eigenvalue weighted by molar-refractivity contribution is 0.232. The first-order valence-electron chi connectivity index (χ1n) is 5.16. The van der Waals surface area contributed by atoms with Crippen molar-refractivity contribution in [1.82, 2.24) is 0 Å². The highest BCUT2D eigenvalue weighted by molar-refractivity contribution is 5.27. The van der Waals surface area contributed by atoms with Crippen LogP contribution in [0.1, 0.15) is 12.5 Å². The van der Waals surface area contributed by atoms with Gasteiger partial charge in [0.05, 0.1) is 13.7 Å². The number of rotatable bonds is 5. The Morgan fingerprint density at radius 1 is 1.33 bits per heavy atom. The fourth-order valence-electron chi connectivity index (χ4n) is 1.46. The Labute approximate surface area is 90.9 Å². The summed E-state index contributed by atoms with van der Waals surface area (Å²) in [4.78, 5) is 0. The van der Waals surface area contributed by atoms with Gasteiger partial charge in [-0.2, -0.15) is 0 Å². The highest BCUT2D eigenvalue weighted by Crippen LogP contribution is 2.15. The molecule has 0 aromatic heterocycles. The molecule has 2 unspecified atom stereocenters. The number of hydrogen-bond donors (Lipinski definition) is 2. The zero-order chi connectivity index (χ0) is 11.3. The fraction of sp³-hybridized carbons (Fsp3) is 0.500. The zero-order valence-electron chi connectivity index (χ0n) is 9.31. The van der Waals surface area contributed by atoms with E-state index in [-0.39, 0.29) is 18.6 Å². The number of benzene rings is 1. The number of hydrogen-bond acceptors (Lipinski definition) is 3. The van der Waals surface area contributed by atoms with Crippen molar-refractivity contribution < 1.29 is 9.84 Å². The van der Waals surface area contributed by atoms with Crippen LogP contribution in [0.15, 0.2) is 24.3 Å². The van der Waals surface area contributed by atoms with E-state index in [1.54, 1.807) is 7.11 Å². The van der Waals surface area contributed by atoms with Gasteiger partial charge in [0.15, 0.2) is 0 Å². The van der Waals surface area contributed by atoms with Gasteiger partial charge in [0.2, 0.25) is 0 Å². The summed E-state index contributed by atoms with van der Waals surface area (Å²) >= 11 is 0. The average Bonchev–Trinajstić information content (AvgIpc) is 2.29. The van der Waals surface area contributed by atoms with Crippen molar-refractivity contribution in [3.63, 3.8) is 0 Å². The topological polar surface area (TPSA) is 55.5 Å². The van der Waals surface area contributed by atoms with E-state index in [0.29, 0.717) is 0 Å². The summed E-state index contributed by atoms with van der Waals surface area (Å²) in [6.45, 7) is 2.09. The van der Waals surface area contributed by atoms with Gasteiger partial charge in [0.1, 0.15) is 5.75 Å². The molecular formula is C12H19NO2. The number of nitrogens with two attached hydrogens (primary N) is 1. The Bertz CT molecular complexity index is 284. The summed E-state index contributed by atoms with van der Waals surface area (Å²) in [6, 6.07) is 7.78. The predicted molar refractivity (Wildman–Crippen MR) is 60.9 cm³/mol. The zero-order valence-corrected chi connectivity index (χ0v) is 9.31. The van der Waals surface area contributed by atoms with E-state index >= 15 is 0 Å². The molecule has 3 nitrogen and oxygen atoms in total. The van der Waals surface area contributed by atoms with Gasteiger partial charge < -0.3 is 15.6 Å². The fourth-order valence-corrected chi connectivity index (χ4v) is 1.46. The van der Waals surface area contributed by atoms with Crippen molar-refractivity contribution in [1.29, 1.82) is 0 Å². The Hall–Kier alpha value is -1.06. The first-order valence-corrected chi connectivity index (χ1v) is 5.16. The Kier molecular flexibility index (Phi) is 4.59. The van der Waals surface area contributed by atoms with Crippen LogP contribution < -0.4 is 10.5 Å². The average molecular weight is 209 g/mol. The third-order valence-electron chi connectivity index (χ3n) is 2.66. The molecular weight excluding hydrogens is 190 g/mol. The third kappa shape index (κ3) is 3.53. The van der Waals surface area contributed by atoms with E-state index in [9.17, 15) is 0 Å². The van der Waals surface area contributed by atoms with Gasteiger partial charge in [-0.1, -0.05) is 19.1 Å². The van der Waals surface area contributed by atoms with Crippen molar-refractivity contribution in [3.05, 3.63) is 29.8 Å². The molecule has 0 saturated heterocycles. The lowest BCUT2D eigenvalue weighted by Crippen LogP contribution is -2.33. The van der Waals surface area contributed by atoms with Crippen molar-refractivity contribution in [2.24, 2.45) is 11.7 Å². The molecule has 0 bridgehead atoms. The maximum absolute atomic E-state index is 8.92. The molecule has 15 heavy (non-hydrogen) atoms. The number of aliphatic hydroxyl groups excluding tert-OH is 1. The third-order valence-corrected chi connectivity index (χ3v) is 2.66. The van der Waals surface area contributed by atoms with Gasteiger partial charge in [0, 0.05) is 6.04 Å². The second kappa shape index (κ2) is 5.73. The molecule has 3 heteroatoms. The van der Waals surface area contributed by atoms with Crippen LogP contribution in [0, 0.1) is 5.92 Å². The van der Waals surface area contributed by atoms with Crippen LogP contribution in [0.2, 0.25) is 0 Å². The minimum Gasteiger partial charge on any atom is -0.497 e. The first-order chi connectivity index (χ1) is 7.17. The molecule has 1 aromatic carbocycles. The van der Waals surface area contributed by atoms with Crippen LogP contribution in [0.3, 0.4) is 0 Å². The van der Waals surface area contributed by atoms with Crippen LogP contribution in [0.5, 0.6) is 5.75 Å². The molecule has 0 saturated carbocycles. The molecule has 0 aliphatic carbocycles. The van der Waals surface area contributed by atoms with Crippen molar-refractivity contribution >= 4 is 0 Å². The van der Waals surface area contributed by atoms with Crippen LogP contribution >= 0.6 is 0 Å². The predicted octanol–water partition coefficient (Wildman–Crippen LogP) is 1.19. The molecule has 1 rings (SSSR count). The second-order valence-corrected chi connectivity index (χ2v) is 3.88. The van der Waals surface area contributed by atoms with Gasteiger partial charge in [-0.3, -0.25) is 0 Å². The van der Waals surface area contributed by atoms with Crippen LogP contribution in [0.25, 0.3) is 0 Å². The van der Waals surface area contributed by atoms with Crippen molar-refractivity contribution in [2.75, 3.05) is 13.7 Å². The van der Waals surface area contributed by atoms with Gasteiger partial charge >= 0.3 is 0 Å². The number of methoxy groups -OCH3 is 1. The quantitative estimate of drug-likeness (QED) is 0.766. The highest BCUT2D eigenvalue weighted by Gasteiger charge is 2.11. The maximum Gasteiger partial charge on any atom is 0.118 e. The summed E-state index contributed by atoms with van der Waals surface area (Å²) in [6.07, 6.45) is 0.881. The molecule has 0 spiro atoms. The summed E-state index contributed by atoms with van der Waals surface area (Å²) in [5.41, 5.74) is 6.96. The van der Waals surface area contributed by atoms with E-state index in [0.717, 1.165) is 12.2 Å².